The first-order chi connectivity index (χ1) is 13.6. The zero-order valence-corrected chi connectivity index (χ0v) is 18.0. The Kier molecular flexibility index (Phi) is 6.35. The monoisotopic (exact) mass is 459 g/mol. The summed E-state index contributed by atoms with van der Waals surface area (Å²) in [6.45, 7) is 1.34. The molecule has 0 saturated carbocycles. The number of nitro groups is 1. The zero-order chi connectivity index (χ0) is 21.3. The fourth-order valence-corrected chi connectivity index (χ4v) is 5.19. The summed E-state index contributed by atoms with van der Waals surface area (Å²) < 4.78 is 33.6. The predicted molar refractivity (Wildman–Crippen MR) is 110 cm³/mol. The van der Waals surface area contributed by atoms with Gasteiger partial charge in [0.1, 0.15) is 16.4 Å². The molecule has 0 radical (unpaired) electrons. The fourth-order valence-electron chi connectivity index (χ4n) is 3.17. The Morgan fingerprint density at radius 1 is 1.21 bits per heavy atom. The van der Waals surface area contributed by atoms with Crippen LogP contribution in [0.5, 0.6) is 11.5 Å². The van der Waals surface area contributed by atoms with Gasteiger partial charge in [0.05, 0.1) is 4.92 Å². The van der Waals surface area contributed by atoms with Crippen LogP contribution in [-0.2, 0) is 10.0 Å². The van der Waals surface area contributed by atoms with Crippen LogP contribution in [0.25, 0.3) is 0 Å². The van der Waals surface area contributed by atoms with E-state index in [0.717, 1.165) is 12.6 Å². The van der Waals surface area contributed by atoms with Gasteiger partial charge in [-0.3, -0.25) is 10.1 Å². The Morgan fingerprint density at radius 3 is 2.41 bits per heavy atom. The lowest BCUT2D eigenvalue weighted by Crippen LogP contribution is -2.38. The molecule has 29 heavy (non-hydrogen) atoms. The number of nitro benzene ring substituents is 1. The van der Waals surface area contributed by atoms with Gasteiger partial charge in [-0.25, -0.2) is 8.42 Å². The van der Waals surface area contributed by atoms with Crippen LogP contribution in [0.15, 0.2) is 41.3 Å². The number of hydrogen-bond acceptors (Lipinski definition) is 6. The first-order valence-corrected chi connectivity index (χ1v) is 10.9. The summed E-state index contributed by atoms with van der Waals surface area (Å²) in [6.07, 6.45) is 0.668. The van der Waals surface area contributed by atoms with Crippen LogP contribution in [0.2, 0.25) is 10.0 Å². The van der Waals surface area contributed by atoms with Crippen LogP contribution < -0.4 is 4.74 Å². The SMILES string of the molecule is CN1CCC(N(C)S(=O)(=O)c2cc([N+](=O)[O-])ccc2Oc2cc(Cl)cc(Cl)c2)C1. The number of likely N-dealkylation sites (N-methyl/N-ethyl adjacent to an activating group) is 2. The number of ether oxygens (including phenoxy) is 1. The van der Waals surface area contributed by atoms with Crippen molar-refractivity contribution in [1.29, 1.82) is 0 Å². The van der Waals surface area contributed by atoms with Gasteiger partial charge >= 0.3 is 0 Å². The van der Waals surface area contributed by atoms with Gasteiger partial charge in [-0.05, 0) is 44.3 Å². The number of hydrogen-bond donors (Lipinski definition) is 0. The third kappa shape index (κ3) is 4.81. The van der Waals surface area contributed by atoms with Crippen LogP contribution in [0.3, 0.4) is 0 Å². The standard InChI is InChI=1S/C18H19Cl2N3O5S/c1-21-6-5-15(11-21)22(2)29(26,27)18-10-14(23(24)25)3-4-17(18)28-16-8-12(19)7-13(20)9-16/h3-4,7-10,15H,5-6,11H2,1-2H3. The van der Waals surface area contributed by atoms with Crippen molar-refractivity contribution >= 4 is 38.9 Å². The Morgan fingerprint density at radius 2 is 1.86 bits per heavy atom. The van der Waals surface area contributed by atoms with Crippen LogP contribution in [0.1, 0.15) is 6.42 Å². The highest BCUT2D eigenvalue weighted by atomic mass is 35.5. The predicted octanol–water partition coefficient (Wildman–Crippen LogP) is 4.02. The van der Waals surface area contributed by atoms with Gasteiger partial charge in [-0.2, -0.15) is 4.31 Å². The normalized spacial score (nSPS) is 17.6. The molecular weight excluding hydrogens is 441 g/mol. The lowest BCUT2D eigenvalue weighted by molar-refractivity contribution is -0.385. The first-order valence-electron chi connectivity index (χ1n) is 8.67. The van der Waals surface area contributed by atoms with Crippen molar-refractivity contribution in [1.82, 2.24) is 9.21 Å². The molecule has 0 aliphatic carbocycles. The smallest absolute Gasteiger partial charge is 0.271 e. The number of nitrogens with zero attached hydrogens (tertiary/aromatic N) is 3. The zero-order valence-electron chi connectivity index (χ0n) is 15.7. The van der Waals surface area contributed by atoms with E-state index in [2.05, 4.69) is 0 Å². The third-order valence-electron chi connectivity index (χ3n) is 4.74. The van der Waals surface area contributed by atoms with Gasteiger partial charge in [-0.1, -0.05) is 23.2 Å². The maximum Gasteiger partial charge on any atom is 0.271 e. The maximum atomic E-state index is 13.3. The van der Waals surface area contributed by atoms with E-state index >= 15 is 0 Å². The van der Waals surface area contributed by atoms with E-state index in [0.29, 0.717) is 23.0 Å². The molecule has 3 rings (SSSR count). The molecule has 2 aromatic rings. The Bertz CT molecular complexity index is 1030. The average Bonchev–Trinajstić information content (AvgIpc) is 3.06. The molecule has 1 saturated heterocycles. The molecular formula is C18H19Cl2N3O5S. The van der Waals surface area contributed by atoms with E-state index in [4.69, 9.17) is 27.9 Å². The largest absolute Gasteiger partial charge is 0.456 e. The molecule has 0 N–H and O–H groups in total. The number of non-ortho nitro benzene ring substituents is 1. The van der Waals surface area contributed by atoms with Crippen molar-refractivity contribution in [2.24, 2.45) is 0 Å². The highest BCUT2D eigenvalue weighted by Gasteiger charge is 2.35. The number of benzene rings is 2. The molecule has 1 heterocycles. The Labute approximate surface area is 178 Å². The van der Waals surface area contributed by atoms with Crippen LogP contribution >= 0.6 is 23.2 Å². The molecule has 0 spiro atoms. The minimum atomic E-state index is -4.06. The number of sulfonamides is 1. The van der Waals surface area contributed by atoms with E-state index in [-0.39, 0.29) is 28.1 Å². The molecule has 156 valence electrons. The lowest BCUT2D eigenvalue weighted by Gasteiger charge is -2.24. The summed E-state index contributed by atoms with van der Waals surface area (Å²) >= 11 is 12.0. The number of likely N-dealkylation sites (tertiary alicyclic amines) is 1. The second-order valence-electron chi connectivity index (χ2n) is 6.82. The van der Waals surface area contributed by atoms with Crippen LogP contribution in [0, 0.1) is 10.1 Å². The topological polar surface area (TPSA) is 93.0 Å². The van der Waals surface area contributed by atoms with E-state index in [1.165, 1.54) is 41.7 Å². The molecule has 2 aromatic carbocycles. The minimum Gasteiger partial charge on any atom is -0.456 e. The minimum absolute atomic E-state index is 0.0489. The van der Waals surface area contributed by atoms with Gasteiger partial charge in [0, 0.05) is 41.8 Å². The van der Waals surface area contributed by atoms with Crippen molar-refractivity contribution < 1.29 is 18.1 Å². The van der Waals surface area contributed by atoms with Crippen molar-refractivity contribution in [3.63, 3.8) is 0 Å². The second-order valence-corrected chi connectivity index (χ2v) is 9.66. The molecule has 0 bridgehead atoms. The molecule has 1 unspecified atom stereocenters. The Balaban J connectivity index is 2.05. The summed E-state index contributed by atoms with van der Waals surface area (Å²) in [7, 11) is -0.683. The third-order valence-corrected chi connectivity index (χ3v) is 7.11. The summed E-state index contributed by atoms with van der Waals surface area (Å²) in [5.74, 6) is 0.170. The van der Waals surface area contributed by atoms with E-state index in [9.17, 15) is 18.5 Å². The van der Waals surface area contributed by atoms with Gasteiger partial charge in [-0.15, -0.1) is 0 Å². The summed E-state index contributed by atoms with van der Waals surface area (Å²) in [4.78, 5) is 12.3. The lowest BCUT2D eigenvalue weighted by atomic mass is 10.3. The van der Waals surface area contributed by atoms with Crippen LogP contribution in [0.4, 0.5) is 5.69 Å². The molecule has 0 amide bonds. The van der Waals surface area contributed by atoms with Crippen molar-refractivity contribution in [3.8, 4) is 11.5 Å². The molecule has 11 heteroatoms. The fraction of sp³-hybridized carbons (Fsp3) is 0.333. The average molecular weight is 460 g/mol. The second kappa shape index (κ2) is 8.45. The molecule has 1 atom stereocenters. The van der Waals surface area contributed by atoms with Crippen molar-refractivity contribution in [2.45, 2.75) is 17.4 Å². The highest BCUT2D eigenvalue weighted by Crippen LogP contribution is 2.36. The summed E-state index contributed by atoms with van der Waals surface area (Å²) in [5.41, 5.74) is -0.350. The van der Waals surface area contributed by atoms with E-state index in [1.807, 2.05) is 11.9 Å². The molecule has 1 aliphatic rings. The van der Waals surface area contributed by atoms with Gasteiger partial charge in [0.2, 0.25) is 10.0 Å². The van der Waals surface area contributed by atoms with Gasteiger partial charge < -0.3 is 9.64 Å². The maximum absolute atomic E-state index is 13.3. The number of halogens is 2. The Hall–Kier alpha value is -1.91. The van der Waals surface area contributed by atoms with Crippen molar-refractivity contribution in [2.75, 3.05) is 27.2 Å². The number of rotatable bonds is 6. The molecule has 8 nitrogen and oxygen atoms in total. The summed E-state index contributed by atoms with van der Waals surface area (Å²) in [5, 5.41) is 11.8. The summed E-state index contributed by atoms with van der Waals surface area (Å²) in [6, 6.07) is 7.66. The molecule has 1 fully saturated rings. The van der Waals surface area contributed by atoms with E-state index in [1.54, 1.807) is 0 Å². The van der Waals surface area contributed by atoms with E-state index < -0.39 is 14.9 Å². The molecule has 1 aliphatic heterocycles. The molecule has 0 aromatic heterocycles. The van der Waals surface area contributed by atoms with Gasteiger partial charge in [0.25, 0.3) is 5.69 Å². The van der Waals surface area contributed by atoms with Gasteiger partial charge in [0.15, 0.2) is 0 Å². The van der Waals surface area contributed by atoms with Crippen molar-refractivity contribution in [3.05, 3.63) is 56.6 Å². The first kappa shape index (κ1) is 21.8. The highest BCUT2D eigenvalue weighted by molar-refractivity contribution is 7.89. The van der Waals surface area contributed by atoms with Crippen LogP contribution in [-0.4, -0.2) is 55.8 Å². The quantitative estimate of drug-likeness (QED) is 0.478.